The molecule has 0 atom stereocenters. The Bertz CT molecular complexity index is 837. The molecule has 0 fully saturated rings. The quantitative estimate of drug-likeness (QED) is 0.515. The Labute approximate surface area is 164 Å². The Kier molecular flexibility index (Phi) is 7.14. The maximum atomic E-state index is 11.7. The summed E-state index contributed by atoms with van der Waals surface area (Å²) in [6.07, 6.45) is 2.69. The first-order chi connectivity index (χ1) is 11.8. The van der Waals surface area contributed by atoms with Crippen molar-refractivity contribution >= 4 is 70.0 Å². The molecule has 4 nitrogen and oxygen atoms in total. The van der Waals surface area contributed by atoms with E-state index in [4.69, 9.17) is 51.1 Å². The van der Waals surface area contributed by atoms with E-state index in [0.717, 1.165) is 0 Å². The molecule has 0 heterocycles. The summed E-state index contributed by atoms with van der Waals surface area (Å²) in [5, 5.41) is 4.01. The third kappa shape index (κ3) is 6.25. The van der Waals surface area contributed by atoms with E-state index in [1.807, 2.05) is 0 Å². The van der Waals surface area contributed by atoms with Crippen molar-refractivity contribution in [3.05, 3.63) is 68.1 Å². The normalized spacial score (nSPS) is 10.7. The Hall–Kier alpha value is -1.72. The van der Waals surface area contributed by atoms with Crippen LogP contribution in [0.3, 0.4) is 0 Å². The zero-order chi connectivity index (χ0) is 18.4. The number of amides is 1. The highest BCUT2D eigenvalue weighted by Crippen LogP contribution is 2.25. The predicted molar refractivity (Wildman–Crippen MR) is 102 cm³/mol. The predicted octanol–water partition coefficient (Wildman–Crippen LogP) is 5.50. The standard InChI is InChI=1S/C17H11Cl4NO3/c18-12-4-1-10(7-14(12)20)2-6-17(24)25-9-16(23)22-11-3-5-13(19)15(21)8-11/h1-8H,9H2,(H,22,23). The van der Waals surface area contributed by atoms with Gasteiger partial charge in [0.25, 0.3) is 5.91 Å². The minimum Gasteiger partial charge on any atom is -0.452 e. The number of rotatable bonds is 5. The lowest BCUT2D eigenvalue weighted by molar-refractivity contribution is -0.142. The molecule has 2 aromatic rings. The second-order valence-electron chi connectivity index (χ2n) is 4.79. The summed E-state index contributed by atoms with van der Waals surface area (Å²) in [4.78, 5) is 23.4. The molecule has 0 aliphatic rings. The molecule has 0 aromatic heterocycles. The van der Waals surface area contributed by atoms with Crippen LogP contribution in [0.25, 0.3) is 6.08 Å². The van der Waals surface area contributed by atoms with Gasteiger partial charge in [-0.2, -0.15) is 0 Å². The summed E-state index contributed by atoms with van der Waals surface area (Å²) in [6.45, 7) is -0.440. The number of hydrogen-bond acceptors (Lipinski definition) is 3. The first-order valence-electron chi connectivity index (χ1n) is 6.90. The van der Waals surface area contributed by atoms with Crippen LogP contribution in [0.5, 0.6) is 0 Å². The Morgan fingerprint density at radius 2 is 1.56 bits per heavy atom. The van der Waals surface area contributed by atoms with Crippen LogP contribution in [0.4, 0.5) is 5.69 Å². The topological polar surface area (TPSA) is 55.4 Å². The van der Waals surface area contributed by atoms with Crippen molar-refractivity contribution in [3.63, 3.8) is 0 Å². The van der Waals surface area contributed by atoms with Crippen molar-refractivity contribution in [3.8, 4) is 0 Å². The van der Waals surface area contributed by atoms with Crippen LogP contribution in [-0.2, 0) is 14.3 Å². The number of hydrogen-bond donors (Lipinski definition) is 1. The van der Waals surface area contributed by atoms with Crippen LogP contribution in [0.1, 0.15) is 5.56 Å². The Morgan fingerprint density at radius 1 is 0.920 bits per heavy atom. The minimum atomic E-state index is -0.671. The van der Waals surface area contributed by atoms with E-state index in [1.54, 1.807) is 30.3 Å². The number of carbonyl (C=O) groups excluding carboxylic acids is 2. The maximum absolute atomic E-state index is 11.7. The lowest BCUT2D eigenvalue weighted by Crippen LogP contribution is -2.20. The molecule has 2 rings (SSSR count). The lowest BCUT2D eigenvalue weighted by Gasteiger charge is -2.06. The molecule has 0 aliphatic carbocycles. The first kappa shape index (κ1) is 19.6. The van der Waals surface area contributed by atoms with Crippen LogP contribution in [0, 0.1) is 0 Å². The van der Waals surface area contributed by atoms with Gasteiger partial charge in [0.1, 0.15) is 0 Å². The number of nitrogens with one attached hydrogen (secondary N) is 1. The molecule has 25 heavy (non-hydrogen) atoms. The molecule has 1 N–H and O–H groups in total. The van der Waals surface area contributed by atoms with Gasteiger partial charge in [-0.15, -0.1) is 0 Å². The summed E-state index contributed by atoms with van der Waals surface area (Å²) in [5.41, 5.74) is 1.12. The molecule has 0 unspecified atom stereocenters. The molecule has 0 bridgehead atoms. The third-order valence-electron chi connectivity index (χ3n) is 2.90. The smallest absolute Gasteiger partial charge is 0.331 e. The molecule has 8 heteroatoms. The van der Waals surface area contributed by atoms with Crippen molar-refractivity contribution in [1.82, 2.24) is 0 Å². The van der Waals surface area contributed by atoms with Gasteiger partial charge in [0.15, 0.2) is 6.61 Å². The minimum absolute atomic E-state index is 0.307. The molecular weight excluding hydrogens is 408 g/mol. The maximum Gasteiger partial charge on any atom is 0.331 e. The van der Waals surface area contributed by atoms with Gasteiger partial charge < -0.3 is 10.1 Å². The average Bonchev–Trinajstić information content (AvgIpc) is 2.57. The van der Waals surface area contributed by atoms with Crippen molar-refractivity contribution in [1.29, 1.82) is 0 Å². The zero-order valence-electron chi connectivity index (χ0n) is 12.6. The van der Waals surface area contributed by atoms with Crippen LogP contribution in [0.15, 0.2) is 42.5 Å². The van der Waals surface area contributed by atoms with E-state index in [-0.39, 0.29) is 0 Å². The summed E-state index contributed by atoms with van der Waals surface area (Å²) in [5.74, 6) is -1.18. The van der Waals surface area contributed by atoms with E-state index < -0.39 is 18.5 Å². The number of halogens is 4. The van der Waals surface area contributed by atoms with Crippen LogP contribution in [0.2, 0.25) is 20.1 Å². The molecule has 1 amide bonds. The number of esters is 1. The highest BCUT2D eigenvalue weighted by Gasteiger charge is 2.07. The van der Waals surface area contributed by atoms with Crippen LogP contribution in [-0.4, -0.2) is 18.5 Å². The summed E-state index contributed by atoms with van der Waals surface area (Å²) in [6, 6.07) is 9.52. The van der Waals surface area contributed by atoms with Gasteiger partial charge in [0.2, 0.25) is 0 Å². The summed E-state index contributed by atoms with van der Waals surface area (Å²) in [7, 11) is 0. The highest BCUT2D eigenvalue weighted by molar-refractivity contribution is 6.42. The molecule has 0 saturated carbocycles. The Morgan fingerprint density at radius 3 is 2.20 bits per heavy atom. The van der Waals surface area contributed by atoms with Gasteiger partial charge in [0, 0.05) is 11.8 Å². The SMILES string of the molecule is O=C(COC(=O)C=Cc1ccc(Cl)c(Cl)c1)Nc1ccc(Cl)c(Cl)c1. The largest absolute Gasteiger partial charge is 0.452 e. The summed E-state index contributed by atoms with van der Waals surface area (Å²) >= 11 is 23.3. The number of anilines is 1. The molecule has 0 aliphatic heterocycles. The highest BCUT2D eigenvalue weighted by atomic mass is 35.5. The zero-order valence-corrected chi connectivity index (χ0v) is 15.6. The number of benzene rings is 2. The second-order valence-corrected chi connectivity index (χ2v) is 6.42. The van der Waals surface area contributed by atoms with Crippen molar-refractivity contribution in [2.24, 2.45) is 0 Å². The van der Waals surface area contributed by atoms with Gasteiger partial charge in [-0.05, 0) is 42.0 Å². The van der Waals surface area contributed by atoms with Gasteiger partial charge >= 0.3 is 5.97 Å². The fourth-order valence-electron chi connectivity index (χ4n) is 1.74. The van der Waals surface area contributed by atoms with E-state index in [9.17, 15) is 9.59 Å². The molecular formula is C17H11Cl4NO3. The second kappa shape index (κ2) is 9.11. The molecule has 0 spiro atoms. The fraction of sp³-hybridized carbons (Fsp3) is 0.0588. The van der Waals surface area contributed by atoms with Crippen LogP contribution >= 0.6 is 46.4 Å². The monoisotopic (exact) mass is 417 g/mol. The van der Waals surface area contributed by atoms with Crippen molar-refractivity contribution < 1.29 is 14.3 Å². The average molecular weight is 419 g/mol. The lowest BCUT2D eigenvalue weighted by atomic mass is 10.2. The fourth-order valence-corrected chi connectivity index (χ4v) is 2.34. The third-order valence-corrected chi connectivity index (χ3v) is 4.38. The number of ether oxygens (including phenoxy) is 1. The van der Waals surface area contributed by atoms with E-state index in [2.05, 4.69) is 5.32 Å². The van der Waals surface area contributed by atoms with E-state index in [1.165, 1.54) is 18.2 Å². The Balaban J connectivity index is 1.84. The molecule has 0 saturated heterocycles. The molecule has 2 aromatic carbocycles. The van der Waals surface area contributed by atoms with Gasteiger partial charge in [-0.25, -0.2) is 4.79 Å². The molecule has 0 radical (unpaired) electrons. The van der Waals surface area contributed by atoms with Gasteiger partial charge in [-0.1, -0.05) is 52.5 Å². The van der Waals surface area contributed by atoms with E-state index in [0.29, 0.717) is 31.3 Å². The van der Waals surface area contributed by atoms with Crippen LogP contribution < -0.4 is 5.32 Å². The number of carbonyl (C=O) groups is 2. The summed E-state index contributed by atoms with van der Waals surface area (Å²) < 4.78 is 4.85. The first-order valence-corrected chi connectivity index (χ1v) is 8.41. The van der Waals surface area contributed by atoms with Gasteiger partial charge in [0.05, 0.1) is 20.1 Å². The van der Waals surface area contributed by atoms with E-state index >= 15 is 0 Å². The molecule has 130 valence electrons. The van der Waals surface area contributed by atoms with Gasteiger partial charge in [-0.3, -0.25) is 4.79 Å². The van der Waals surface area contributed by atoms with Crippen molar-refractivity contribution in [2.75, 3.05) is 11.9 Å². The van der Waals surface area contributed by atoms with Crippen molar-refractivity contribution in [2.45, 2.75) is 0 Å².